The number of rotatable bonds is 5. The Morgan fingerprint density at radius 3 is 2.42 bits per heavy atom. The summed E-state index contributed by atoms with van der Waals surface area (Å²) >= 11 is 0. The van der Waals surface area contributed by atoms with Gasteiger partial charge in [0.05, 0.1) is 30.1 Å². The quantitative estimate of drug-likeness (QED) is 0.414. The molecule has 0 N–H and O–H groups in total. The van der Waals surface area contributed by atoms with E-state index in [4.69, 9.17) is 0 Å². The molecule has 0 amide bonds. The Morgan fingerprint density at radius 1 is 0.818 bits per heavy atom. The smallest absolute Gasteiger partial charge is 0.266 e. The number of fused-ring (bicyclic) bond motifs is 1. The highest BCUT2D eigenvalue weighted by Crippen LogP contribution is 2.26. The molecule has 33 heavy (non-hydrogen) atoms. The Bertz CT molecular complexity index is 1370. The lowest BCUT2D eigenvalue weighted by Crippen LogP contribution is -2.47. The topological polar surface area (TPSA) is 85.2 Å². The minimum absolute atomic E-state index is 0.622. The summed E-state index contributed by atoms with van der Waals surface area (Å²) in [6.07, 6.45) is 7.89. The van der Waals surface area contributed by atoms with Crippen molar-refractivity contribution in [1.82, 2.24) is 39.6 Å². The van der Waals surface area contributed by atoms with Crippen molar-refractivity contribution >= 4 is 17.2 Å². The normalized spacial score (nSPS) is 14.3. The highest BCUT2D eigenvalue weighted by molar-refractivity contribution is 5.75. The highest BCUT2D eigenvalue weighted by atomic mass is 15.6. The largest absolute Gasteiger partial charge is 0.365 e. The molecular formula is C23H24N10. The molecule has 1 aliphatic heterocycles. The number of pyridine rings is 1. The molecule has 1 saturated heterocycles. The third-order valence-corrected chi connectivity index (χ3v) is 6.05. The van der Waals surface area contributed by atoms with E-state index in [1.54, 1.807) is 4.80 Å². The standard InChI is InChI=1S/C23H24N10/c1-29-16-20(13-24-29)19-7-8-21-22(14-25-32(21)17-19)30-9-11-31(12-10-30)23-26-28-33(27-23)15-18-5-3-2-4-6-18/h2-8,13-14,16-17H,9-12,15H2,1H3. The highest BCUT2D eigenvalue weighted by Gasteiger charge is 2.23. The average Bonchev–Trinajstić information content (AvgIpc) is 3.59. The molecule has 166 valence electrons. The Labute approximate surface area is 190 Å². The van der Waals surface area contributed by atoms with E-state index in [-0.39, 0.29) is 0 Å². The van der Waals surface area contributed by atoms with Crippen LogP contribution in [0.25, 0.3) is 16.6 Å². The molecular weight excluding hydrogens is 416 g/mol. The van der Waals surface area contributed by atoms with Gasteiger partial charge in [-0.25, -0.2) is 4.52 Å². The van der Waals surface area contributed by atoms with Gasteiger partial charge in [-0.15, -0.1) is 5.10 Å². The first-order valence-electron chi connectivity index (χ1n) is 11.0. The van der Waals surface area contributed by atoms with Crippen LogP contribution in [0.15, 0.2) is 67.3 Å². The lowest BCUT2D eigenvalue weighted by atomic mass is 10.1. The molecule has 0 aliphatic carbocycles. The first-order chi connectivity index (χ1) is 16.2. The van der Waals surface area contributed by atoms with Crippen molar-refractivity contribution in [2.45, 2.75) is 6.54 Å². The summed E-state index contributed by atoms with van der Waals surface area (Å²) in [5.41, 5.74) is 5.58. The number of tetrazole rings is 1. The SMILES string of the molecule is Cn1cc(-c2ccc3c(N4CCN(c5nnn(Cc6ccccc6)n5)CC4)cnn3c2)cn1. The Hall–Kier alpha value is -4.21. The molecule has 1 fully saturated rings. The summed E-state index contributed by atoms with van der Waals surface area (Å²) in [6, 6.07) is 14.4. The van der Waals surface area contributed by atoms with Crippen molar-refractivity contribution in [3.8, 4) is 11.1 Å². The molecule has 5 heterocycles. The van der Waals surface area contributed by atoms with Gasteiger partial charge < -0.3 is 9.80 Å². The zero-order valence-electron chi connectivity index (χ0n) is 18.4. The van der Waals surface area contributed by atoms with E-state index in [2.05, 4.69) is 65.9 Å². The van der Waals surface area contributed by atoms with Crippen LogP contribution >= 0.6 is 0 Å². The zero-order valence-corrected chi connectivity index (χ0v) is 18.4. The van der Waals surface area contributed by atoms with Gasteiger partial charge in [-0.05, 0) is 16.8 Å². The molecule has 10 heteroatoms. The van der Waals surface area contributed by atoms with Gasteiger partial charge in [0.25, 0.3) is 5.95 Å². The number of nitrogens with zero attached hydrogens (tertiary/aromatic N) is 10. The van der Waals surface area contributed by atoms with Gasteiger partial charge in [0, 0.05) is 56.7 Å². The van der Waals surface area contributed by atoms with E-state index < -0.39 is 0 Å². The lowest BCUT2D eigenvalue weighted by Gasteiger charge is -2.34. The molecule has 5 aromatic rings. The summed E-state index contributed by atoms with van der Waals surface area (Å²) in [5, 5.41) is 22.0. The van der Waals surface area contributed by atoms with Crippen LogP contribution in [0.3, 0.4) is 0 Å². The maximum absolute atomic E-state index is 4.60. The van der Waals surface area contributed by atoms with E-state index in [1.807, 2.05) is 53.0 Å². The summed E-state index contributed by atoms with van der Waals surface area (Å²) < 4.78 is 3.75. The average molecular weight is 441 g/mol. The van der Waals surface area contributed by atoms with E-state index in [0.717, 1.165) is 54.1 Å². The predicted octanol–water partition coefficient (Wildman–Crippen LogP) is 2.10. The number of benzene rings is 1. The molecule has 4 aromatic heterocycles. The molecule has 6 rings (SSSR count). The van der Waals surface area contributed by atoms with E-state index in [1.165, 1.54) is 0 Å². The molecule has 0 spiro atoms. The molecule has 1 aromatic carbocycles. The fourth-order valence-electron chi connectivity index (χ4n) is 4.28. The molecule has 0 radical (unpaired) electrons. The molecule has 0 unspecified atom stereocenters. The minimum Gasteiger partial charge on any atom is -0.365 e. The second-order valence-electron chi connectivity index (χ2n) is 8.26. The van der Waals surface area contributed by atoms with Crippen LogP contribution in [0.1, 0.15) is 5.56 Å². The van der Waals surface area contributed by atoms with Crippen LogP contribution in [0.5, 0.6) is 0 Å². The third kappa shape index (κ3) is 3.79. The van der Waals surface area contributed by atoms with Gasteiger partial charge in [-0.3, -0.25) is 4.68 Å². The van der Waals surface area contributed by atoms with Gasteiger partial charge in [-0.1, -0.05) is 41.5 Å². The predicted molar refractivity (Wildman–Crippen MR) is 125 cm³/mol. The molecule has 0 saturated carbocycles. The second-order valence-corrected chi connectivity index (χ2v) is 8.26. The van der Waals surface area contributed by atoms with Gasteiger partial charge in [0.2, 0.25) is 0 Å². The molecule has 0 bridgehead atoms. The summed E-state index contributed by atoms with van der Waals surface area (Å²) in [6.45, 7) is 4.04. The van der Waals surface area contributed by atoms with Gasteiger partial charge >= 0.3 is 0 Å². The lowest BCUT2D eigenvalue weighted by molar-refractivity contribution is 0.570. The van der Waals surface area contributed by atoms with Gasteiger partial charge in [0.15, 0.2) is 0 Å². The monoisotopic (exact) mass is 440 g/mol. The maximum atomic E-state index is 4.60. The van der Waals surface area contributed by atoms with E-state index in [0.29, 0.717) is 12.5 Å². The Morgan fingerprint density at radius 2 is 1.64 bits per heavy atom. The Balaban J connectivity index is 1.14. The van der Waals surface area contributed by atoms with Crippen LogP contribution in [0.4, 0.5) is 11.6 Å². The molecule has 0 atom stereocenters. The third-order valence-electron chi connectivity index (χ3n) is 6.05. The van der Waals surface area contributed by atoms with Gasteiger partial charge in [-0.2, -0.15) is 15.0 Å². The van der Waals surface area contributed by atoms with Crippen LogP contribution in [0, 0.1) is 0 Å². The fraction of sp³-hybridized carbons (Fsp3) is 0.261. The first-order valence-corrected chi connectivity index (χ1v) is 11.0. The maximum Gasteiger partial charge on any atom is 0.266 e. The van der Waals surface area contributed by atoms with Crippen LogP contribution in [0.2, 0.25) is 0 Å². The summed E-state index contributed by atoms with van der Waals surface area (Å²) in [7, 11) is 1.92. The number of piperazine rings is 1. The molecule has 1 aliphatic rings. The van der Waals surface area contributed by atoms with Crippen molar-refractivity contribution in [3.63, 3.8) is 0 Å². The van der Waals surface area contributed by atoms with Crippen LogP contribution < -0.4 is 9.80 Å². The van der Waals surface area contributed by atoms with Crippen molar-refractivity contribution in [2.24, 2.45) is 7.05 Å². The summed E-state index contributed by atoms with van der Waals surface area (Å²) in [5.74, 6) is 0.687. The Kier molecular flexibility index (Phi) is 4.75. The number of hydrogen-bond donors (Lipinski definition) is 0. The van der Waals surface area contributed by atoms with Crippen LogP contribution in [-0.2, 0) is 13.6 Å². The number of aryl methyl sites for hydroxylation is 1. The number of anilines is 2. The van der Waals surface area contributed by atoms with Crippen molar-refractivity contribution in [1.29, 1.82) is 0 Å². The van der Waals surface area contributed by atoms with Crippen molar-refractivity contribution in [2.75, 3.05) is 36.0 Å². The minimum atomic E-state index is 0.622. The fourth-order valence-corrected chi connectivity index (χ4v) is 4.28. The summed E-state index contributed by atoms with van der Waals surface area (Å²) in [4.78, 5) is 6.22. The van der Waals surface area contributed by atoms with Crippen LogP contribution in [-0.4, -0.2) is 65.8 Å². The van der Waals surface area contributed by atoms with E-state index >= 15 is 0 Å². The molecule has 10 nitrogen and oxygen atoms in total. The van der Waals surface area contributed by atoms with Crippen molar-refractivity contribution in [3.05, 3.63) is 72.8 Å². The van der Waals surface area contributed by atoms with E-state index in [9.17, 15) is 0 Å². The second kappa shape index (κ2) is 8.05. The van der Waals surface area contributed by atoms with Gasteiger partial charge in [0.1, 0.15) is 0 Å². The van der Waals surface area contributed by atoms with Crippen molar-refractivity contribution < 1.29 is 0 Å². The number of aromatic nitrogens is 8. The first kappa shape index (κ1) is 19.5. The zero-order chi connectivity index (χ0) is 22.2. The number of hydrogen-bond acceptors (Lipinski definition) is 7.